The van der Waals surface area contributed by atoms with Gasteiger partial charge in [-0.3, -0.25) is 19.3 Å². The van der Waals surface area contributed by atoms with Crippen molar-refractivity contribution in [2.24, 2.45) is 29.6 Å². The van der Waals surface area contributed by atoms with Crippen molar-refractivity contribution in [1.29, 1.82) is 0 Å². The van der Waals surface area contributed by atoms with E-state index in [9.17, 15) is 19.2 Å². The molecule has 0 aromatic heterocycles. The van der Waals surface area contributed by atoms with Gasteiger partial charge in [0.2, 0.25) is 11.8 Å². The second-order valence-electron chi connectivity index (χ2n) is 9.23. The van der Waals surface area contributed by atoms with Crippen molar-refractivity contribution < 1.29 is 28.7 Å². The second-order valence-corrected chi connectivity index (χ2v) is 9.23. The largest absolute Gasteiger partial charge is 0.494 e. The molecule has 0 spiro atoms. The van der Waals surface area contributed by atoms with Crippen molar-refractivity contribution in [2.75, 3.05) is 18.5 Å². The third-order valence-electron chi connectivity index (χ3n) is 6.91. The maximum atomic E-state index is 13.1. The van der Waals surface area contributed by atoms with Crippen molar-refractivity contribution in [3.8, 4) is 5.75 Å². The van der Waals surface area contributed by atoms with Crippen LogP contribution in [0.5, 0.6) is 5.75 Å². The number of benzene rings is 1. The topological polar surface area (TPSA) is 102 Å². The summed E-state index contributed by atoms with van der Waals surface area (Å²) in [6.07, 6.45) is 2.88. The third kappa shape index (κ3) is 3.98. The molecule has 8 heteroatoms. The molecule has 3 aliphatic rings. The number of likely N-dealkylation sites (tertiary alicyclic amines) is 1. The number of amides is 3. The molecule has 1 heterocycles. The van der Waals surface area contributed by atoms with Crippen LogP contribution in [0.25, 0.3) is 0 Å². The number of nitrogens with one attached hydrogen (secondary N) is 1. The van der Waals surface area contributed by atoms with Gasteiger partial charge in [-0.25, -0.2) is 4.79 Å². The Morgan fingerprint density at radius 3 is 2.19 bits per heavy atom. The smallest absolute Gasteiger partial charge is 0.330 e. The summed E-state index contributed by atoms with van der Waals surface area (Å²) in [6, 6.07) is 5.83. The minimum atomic E-state index is -1.02. The van der Waals surface area contributed by atoms with Crippen LogP contribution in [-0.4, -0.2) is 47.8 Å². The highest BCUT2D eigenvalue weighted by molar-refractivity contribution is 6.08. The third-order valence-corrected chi connectivity index (χ3v) is 6.91. The Morgan fingerprint density at radius 1 is 1.06 bits per heavy atom. The number of nitrogens with zero attached hydrogens (tertiary/aromatic N) is 1. The van der Waals surface area contributed by atoms with Gasteiger partial charge in [-0.2, -0.15) is 0 Å². The number of fused-ring (bicyclic) bond motifs is 5. The predicted octanol–water partition coefficient (Wildman–Crippen LogP) is 2.62. The number of esters is 1. The van der Waals surface area contributed by atoms with E-state index in [1.165, 1.54) is 0 Å². The highest BCUT2D eigenvalue weighted by Crippen LogP contribution is 2.56. The first-order chi connectivity index (χ1) is 15.3. The zero-order valence-corrected chi connectivity index (χ0v) is 18.7. The number of carbonyl (C=O) groups is 4. The summed E-state index contributed by atoms with van der Waals surface area (Å²) in [7, 11) is 0. The SMILES string of the molecule is CCOc1ccc(NC(=O)COC(=O)[C@H](C(C)C)N2C(=O)[C@@H]3[C@H]4CC[C@@H](C4)[C@@H]3C2=O)cc1. The summed E-state index contributed by atoms with van der Waals surface area (Å²) in [5.74, 6) is -1.45. The monoisotopic (exact) mass is 442 g/mol. The van der Waals surface area contributed by atoms with Crippen LogP contribution in [0.15, 0.2) is 24.3 Å². The number of hydrogen-bond acceptors (Lipinski definition) is 6. The molecule has 1 N–H and O–H groups in total. The molecule has 1 aromatic carbocycles. The van der Waals surface area contributed by atoms with Crippen LogP contribution in [0.4, 0.5) is 5.69 Å². The van der Waals surface area contributed by atoms with Crippen molar-refractivity contribution >= 4 is 29.4 Å². The number of hydrogen-bond donors (Lipinski definition) is 1. The van der Waals surface area contributed by atoms with E-state index in [1.54, 1.807) is 38.1 Å². The fraction of sp³-hybridized carbons (Fsp3) is 0.583. The van der Waals surface area contributed by atoms with Gasteiger partial charge in [0, 0.05) is 5.69 Å². The molecule has 1 aliphatic heterocycles. The van der Waals surface area contributed by atoms with Crippen LogP contribution in [0.1, 0.15) is 40.0 Å². The lowest BCUT2D eigenvalue weighted by molar-refractivity contribution is -0.162. The Balaban J connectivity index is 1.37. The van der Waals surface area contributed by atoms with Crippen LogP contribution in [0.2, 0.25) is 0 Å². The van der Waals surface area contributed by atoms with Gasteiger partial charge in [-0.15, -0.1) is 0 Å². The molecule has 5 atom stereocenters. The second kappa shape index (κ2) is 8.92. The quantitative estimate of drug-likeness (QED) is 0.491. The summed E-state index contributed by atoms with van der Waals surface area (Å²) in [6.45, 7) is 5.48. The van der Waals surface area contributed by atoms with Gasteiger partial charge in [0.1, 0.15) is 11.8 Å². The van der Waals surface area contributed by atoms with Gasteiger partial charge >= 0.3 is 5.97 Å². The van der Waals surface area contributed by atoms with Crippen LogP contribution < -0.4 is 10.1 Å². The zero-order chi connectivity index (χ0) is 23.0. The zero-order valence-electron chi connectivity index (χ0n) is 18.7. The minimum absolute atomic E-state index is 0.246. The fourth-order valence-corrected chi connectivity index (χ4v) is 5.60. The Bertz CT molecular complexity index is 884. The Morgan fingerprint density at radius 2 is 1.66 bits per heavy atom. The average Bonchev–Trinajstić information content (AvgIpc) is 3.44. The minimum Gasteiger partial charge on any atom is -0.494 e. The number of anilines is 1. The highest BCUT2D eigenvalue weighted by atomic mass is 16.5. The normalized spacial score (nSPS) is 26.9. The molecule has 3 amide bonds. The molecule has 172 valence electrons. The Labute approximate surface area is 187 Å². The summed E-state index contributed by atoms with van der Waals surface area (Å²) in [5, 5.41) is 2.65. The van der Waals surface area contributed by atoms with Crippen molar-refractivity contribution in [2.45, 2.75) is 46.1 Å². The molecule has 2 aliphatic carbocycles. The van der Waals surface area contributed by atoms with E-state index in [4.69, 9.17) is 9.47 Å². The number of ether oxygens (including phenoxy) is 2. The first-order valence-corrected chi connectivity index (χ1v) is 11.4. The number of rotatable bonds is 8. The van der Waals surface area contributed by atoms with Gasteiger partial charge in [-0.05, 0) is 68.2 Å². The van der Waals surface area contributed by atoms with Crippen LogP contribution in [-0.2, 0) is 23.9 Å². The van der Waals surface area contributed by atoms with Crippen LogP contribution >= 0.6 is 0 Å². The van der Waals surface area contributed by atoms with E-state index in [0.29, 0.717) is 18.0 Å². The molecule has 8 nitrogen and oxygen atoms in total. The number of imide groups is 1. The number of carbonyl (C=O) groups excluding carboxylic acids is 4. The first-order valence-electron chi connectivity index (χ1n) is 11.4. The lowest BCUT2D eigenvalue weighted by atomic mass is 9.81. The van der Waals surface area contributed by atoms with Gasteiger partial charge in [0.15, 0.2) is 6.61 Å². The summed E-state index contributed by atoms with van der Waals surface area (Å²) >= 11 is 0. The molecule has 3 fully saturated rings. The van der Waals surface area contributed by atoms with Gasteiger partial charge in [0.25, 0.3) is 5.91 Å². The average molecular weight is 443 g/mol. The standard InChI is InChI=1S/C24H30N2O6/c1-4-31-17-9-7-16(8-10-17)25-18(27)12-32-24(30)21(13(2)3)26-22(28)19-14-5-6-15(11-14)20(19)23(26)29/h7-10,13-15,19-21H,4-6,11-12H2,1-3H3,(H,25,27)/t14-,15-,19-,20+,21-/m0/s1. The van der Waals surface area contributed by atoms with Gasteiger partial charge in [0.05, 0.1) is 18.4 Å². The summed E-state index contributed by atoms with van der Waals surface area (Å²) < 4.78 is 10.6. The van der Waals surface area contributed by atoms with E-state index >= 15 is 0 Å². The van der Waals surface area contributed by atoms with Crippen LogP contribution in [0.3, 0.4) is 0 Å². The van der Waals surface area contributed by atoms with Crippen molar-refractivity contribution in [3.63, 3.8) is 0 Å². The molecule has 2 bridgehead atoms. The summed E-state index contributed by atoms with van der Waals surface area (Å²) in [5.41, 5.74) is 0.545. The Hall–Kier alpha value is -2.90. The van der Waals surface area contributed by atoms with E-state index in [2.05, 4.69) is 5.32 Å². The highest BCUT2D eigenvalue weighted by Gasteiger charge is 2.62. The van der Waals surface area contributed by atoms with Crippen LogP contribution in [0, 0.1) is 29.6 Å². The van der Waals surface area contributed by atoms with Gasteiger partial charge < -0.3 is 14.8 Å². The van der Waals surface area contributed by atoms with E-state index in [0.717, 1.165) is 24.2 Å². The molecule has 0 unspecified atom stereocenters. The fourth-order valence-electron chi connectivity index (χ4n) is 5.60. The van der Waals surface area contributed by atoms with E-state index in [-0.39, 0.29) is 41.4 Å². The molecule has 32 heavy (non-hydrogen) atoms. The van der Waals surface area contributed by atoms with Gasteiger partial charge in [-0.1, -0.05) is 13.8 Å². The van der Waals surface area contributed by atoms with Crippen molar-refractivity contribution in [1.82, 2.24) is 4.90 Å². The molecule has 4 rings (SSSR count). The Kier molecular flexibility index (Phi) is 6.22. The maximum Gasteiger partial charge on any atom is 0.330 e. The lowest BCUT2D eigenvalue weighted by Gasteiger charge is -2.28. The molecular weight excluding hydrogens is 412 g/mol. The lowest BCUT2D eigenvalue weighted by Crippen LogP contribution is -2.50. The molecule has 1 aromatic rings. The van der Waals surface area contributed by atoms with E-state index < -0.39 is 24.5 Å². The molecule has 1 saturated heterocycles. The molecular formula is C24H30N2O6. The predicted molar refractivity (Wildman–Crippen MR) is 115 cm³/mol. The molecule has 2 saturated carbocycles. The van der Waals surface area contributed by atoms with Crippen molar-refractivity contribution in [3.05, 3.63) is 24.3 Å². The summed E-state index contributed by atoms with van der Waals surface area (Å²) in [4.78, 5) is 52.5. The molecule has 0 radical (unpaired) electrons. The van der Waals surface area contributed by atoms with E-state index in [1.807, 2.05) is 6.92 Å². The first kappa shape index (κ1) is 22.3. The maximum absolute atomic E-state index is 13.1.